The van der Waals surface area contributed by atoms with Crippen molar-refractivity contribution >= 4 is 47.6 Å². The summed E-state index contributed by atoms with van der Waals surface area (Å²) >= 11 is 6.64. The third-order valence-electron chi connectivity index (χ3n) is 2.84. The van der Waals surface area contributed by atoms with Crippen molar-refractivity contribution in [2.24, 2.45) is 0 Å². The summed E-state index contributed by atoms with van der Waals surface area (Å²) in [5.41, 5.74) is 0.432. The van der Waals surface area contributed by atoms with E-state index in [1.165, 1.54) is 26.4 Å². The largest absolute Gasteiger partial charge is 0.497 e. The number of nitrogens with one attached hydrogen (secondary N) is 1. The van der Waals surface area contributed by atoms with E-state index in [1.54, 1.807) is 24.3 Å². The van der Waals surface area contributed by atoms with Gasteiger partial charge in [0.25, 0.3) is 10.0 Å². The lowest BCUT2D eigenvalue weighted by atomic mass is 10.3. The lowest BCUT2D eigenvalue weighted by Gasteiger charge is -2.13. The van der Waals surface area contributed by atoms with Crippen molar-refractivity contribution in [3.8, 4) is 11.5 Å². The van der Waals surface area contributed by atoms with Crippen molar-refractivity contribution in [1.29, 1.82) is 0 Å². The zero-order valence-electron chi connectivity index (χ0n) is 11.8. The van der Waals surface area contributed by atoms with E-state index < -0.39 is 10.0 Å². The van der Waals surface area contributed by atoms with Gasteiger partial charge in [-0.05, 0) is 46.3 Å². The van der Waals surface area contributed by atoms with E-state index in [1.807, 2.05) is 0 Å². The SMILES string of the molecule is COc1ccc(S(=O)(=O)Nc2ccc(Br)cc2Br)c(OC)c1. The van der Waals surface area contributed by atoms with Gasteiger partial charge in [-0.2, -0.15) is 0 Å². The molecule has 5 nitrogen and oxygen atoms in total. The molecule has 0 aromatic heterocycles. The van der Waals surface area contributed by atoms with Crippen LogP contribution in [-0.2, 0) is 10.0 Å². The Morgan fingerprint density at radius 3 is 2.32 bits per heavy atom. The zero-order chi connectivity index (χ0) is 16.3. The van der Waals surface area contributed by atoms with Gasteiger partial charge in [-0.3, -0.25) is 4.72 Å². The van der Waals surface area contributed by atoms with Crippen molar-refractivity contribution in [3.05, 3.63) is 45.3 Å². The number of hydrogen-bond acceptors (Lipinski definition) is 4. The van der Waals surface area contributed by atoms with Gasteiger partial charge in [-0.15, -0.1) is 0 Å². The number of halogens is 2. The molecule has 0 aliphatic carbocycles. The minimum atomic E-state index is -3.79. The van der Waals surface area contributed by atoms with E-state index in [4.69, 9.17) is 9.47 Å². The Bertz CT molecular complexity index is 793. The van der Waals surface area contributed by atoms with Crippen LogP contribution in [0.5, 0.6) is 11.5 Å². The monoisotopic (exact) mass is 449 g/mol. The van der Waals surface area contributed by atoms with Gasteiger partial charge in [-0.1, -0.05) is 15.9 Å². The molecule has 0 unspecified atom stereocenters. The highest BCUT2D eigenvalue weighted by Gasteiger charge is 2.21. The maximum atomic E-state index is 12.6. The van der Waals surface area contributed by atoms with Crippen LogP contribution < -0.4 is 14.2 Å². The average molecular weight is 451 g/mol. The van der Waals surface area contributed by atoms with Gasteiger partial charge in [0.05, 0.1) is 19.9 Å². The van der Waals surface area contributed by atoms with Crippen LogP contribution in [0.25, 0.3) is 0 Å². The number of methoxy groups -OCH3 is 2. The van der Waals surface area contributed by atoms with Crippen LogP contribution in [0.15, 0.2) is 50.2 Å². The average Bonchev–Trinajstić information content (AvgIpc) is 2.49. The predicted octanol–water partition coefficient (Wildman–Crippen LogP) is 4.03. The van der Waals surface area contributed by atoms with Crippen LogP contribution in [0.1, 0.15) is 0 Å². The van der Waals surface area contributed by atoms with Crippen molar-refractivity contribution in [2.45, 2.75) is 4.90 Å². The van der Waals surface area contributed by atoms with Crippen LogP contribution >= 0.6 is 31.9 Å². The molecule has 0 saturated heterocycles. The Labute approximate surface area is 145 Å². The van der Waals surface area contributed by atoms with Crippen LogP contribution in [0.3, 0.4) is 0 Å². The number of anilines is 1. The molecule has 2 rings (SSSR count). The number of hydrogen-bond donors (Lipinski definition) is 1. The molecule has 0 radical (unpaired) electrons. The van der Waals surface area contributed by atoms with E-state index in [0.717, 1.165) is 4.47 Å². The Balaban J connectivity index is 2.42. The molecule has 0 amide bonds. The van der Waals surface area contributed by atoms with Crippen LogP contribution in [0.4, 0.5) is 5.69 Å². The summed E-state index contributed by atoms with van der Waals surface area (Å²) in [5, 5.41) is 0. The third kappa shape index (κ3) is 3.74. The Hall–Kier alpha value is -1.25. The molecule has 22 heavy (non-hydrogen) atoms. The van der Waals surface area contributed by atoms with E-state index >= 15 is 0 Å². The lowest BCUT2D eigenvalue weighted by molar-refractivity contribution is 0.386. The Kier molecular flexibility index (Phi) is 5.36. The van der Waals surface area contributed by atoms with E-state index in [9.17, 15) is 8.42 Å². The van der Waals surface area contributed by atoms with Gasteiger partial charge in [0.2, 0.25) is 0 Å². The minimum absolute atomic E-state index is 0.0330. The zero-order valence-corrected chi connectivity index (χ0v) is 15.7. The van der Waals surface area contributed by atoms with Crippen LogP contribution in [0, 0.1) is 0 Å². The molecule has 2 aromatic rings. The highest BCUT2D eigenvalue weighted by Crippen LogP contribution is 2.32. The number of sulfonamides is 1. The van der Waals surface area contributed by atoms with Crippen LogP contribution in [0.2, 0.25) is 0 Å². The first-order valence-electron chi connectivity index (χ1n) is 6.07. The standard InChI is InChI=1S/C14H13Br2NO4S/c1-20-10-4-6-14(13(8-10)21-2)22(18,19)17-12-5-3-9(15)7-11(12)16/h3-8,17H,1-2H3. The maximum Gasteiger partial charge on any atom is 0.265 e. The van der Waals surface area contributed by atoms with Crippen molar-refractivity contribution in [2.75, 3.05) is 18.9 Å². The quantitative estimate of drug-likeness (QED) is 0.746. The molecular formula is C14H13Br2NO4S. The highest BCUT2D eigenvalue weighted by atomic mass is 79.9. The normalized spacial score (nSPS) is 11.1. The van der Waals surface area contributed by atoms with E-state index in [0.29, 0.717) is 15.9 Å². The third-order valence-corrected chi connectivity index (χ3v) is 5.39. The van der Waals surface area contributed by atoms with Gasteiger partial charge in [-0.25, -0.2) is 8.42 Å². The fraction of sp³-hybridized carbons (Fsp3) is 0.143. The summed E-state index contributed by atoms with van der Waals surface area (Å²) in [5.74, 6) is 0.723. The first-order valence-corrected chi connectivity index (χ1v) is 9.14. The van der Waals surface area contributed by atoms with Crippen molar-refractivity contribution in [3.63, 3.8) is 0 Å². The van der Waals surface area contributed by atoms with Gasteiger partial charge in [0, 0.05) is 15.0 Å². The first kappa shape index (κ1) is 17.1. The van der Waals surface area contributed by atoms with Crippen molar-refractivity contribution in [1.82, 2.24) is 0 Å². The first-order chi connectivity index (χ1) is 10.4. The van der Waals surface area contributed by atoms with Crippen molar-refractivity contribution < 1.29 is 17.9 Å². The molecule has 0 aliphatic heterocycles. The molecule has 1 N–H and O–H groups in total. The Morgan fingerprint density at radius 1 is 1.00 bits per heavy atom. The summed E-state index contributed by atoms with van der Waals surface area (Å²) in [6.45, 7) is 0. The van der Waals surface area contributed by atoms with E-state index in [2.05, 4.69) is 36.6 Å². The molecule has 2 aromatic carbocycles. The fourth-order valence-corrected chi connectivity index (χ4v) is 4.28. The molecule has 0 saturated carbocycles. The molecule has 0 heterocycles. The molecule has 118 valence electrons. The summed E-state index contributed by atoms with van der Waals surface area (Å²) in [4.78, 5) is 0.0330. The second-order valence-electron chi connectivity index (χ2n) is 4.25. The van der Waals surface area contributed by atoms with Gasteiger partial charge < -0.3 is 9.47 Å². The molecule has 0 atom stereocenters. The van der Waals surface area contributed by atoms with Gasteiger partial charge in [0.1, 0.15) is 16.4 Å². The van der Waals surface area contributed by atoms with Gasteiger partial charge in [0.15, 0.2) is 0 Å². The molecule has 0 spiro atoms. The summed E-state index contributed by atoms with van der Waals surface area (Å²) in [6.07, 6.45) is 0. The highest BCUT2D eigenvalue weighted by molar-refractivity contribution is 9.11. The number of rotatable bonds is 5. The topological polar surface area (TPSA) is 64.6 Å². The summed E-state index contributed by atoms with van der Waals surface area (Å²) < 4.78 is 39.3. The molecular weight excluding hydrogens is 438 g/mol. The van der Waals surface area contributed by atoms with Crippen LogP contribution in [-0.4, -0.2) is 22.6 Å². The fourth-order valence-electron chi connectivity index (χ4n) is 1.77. The number of ether oxygens (including phenoxy) is 2. The summed E-state index contributed by atoms with van der Waals surface area (Å²) in [6, 6.07) is 9.67. The molecule has 0 bridgehead atoms. The maximum absolute atomic E-state index is 12.6. The second-order valence-corrected chi connectivity index (χ2v) is 7.67. The Morgan fingerprint density at radius 2 is 1.73 bits per heavy atom. The molecule has 0 aliphatic rings. The van der Waals surface area contributed by atoms with Gasteiger partial charge >= 0.3 is 0 Å². The lowest BCUT2D eigenvalue weighted by Crippen LogP contribution is -2.14. The van der Waals surface area contributed by atoms with E-state index in [-0.39, 0.29) is 10.6 Å². The minimum Gasteiger partial charge on any atom is -0.497 e. The second kappa shape index (κ2) is 6.89. The number of benzene rings is 2. The smallest absolute Gasteiger partial charge is 0.265 e. The molecule has 8 heteroatoms. The summed E-state index contributed by atoms with van der Waals surface area (Å²) in [7, 11) is -0.886. The predicted molar refractivity (Wildman–Crippen MR) is 92.2 cm³/mol. The molecule has 0 fully saturated rings.